The molecule has 0 aliphatic carbocycles. The quantitative estimate of drug-likeness (QED) is 0.715. The fraction of sp³-hybridized carbons (Fsp3) is 0.412. The topological polar surface area (TPSA) is 88.9 Å². The minimum atomic E-state index is -0.423. The normalized spacial score (nSPS) is 10.5. The van der Waals surface area contributed by atoms with Crippen molar-refractivity contribution in [3.63, 3.8) is 0 Å². The van der Waals surface area contributed by atoms with Gasteiger partial charge in [0.15, 0.2) is 0 Å². The standard InChI is InChI=1S/C17H22FN5O2/c1-12-20-13(2)23(22-12)10-4-9-19-16(24)7-8-17(25)21-15-6-3-5-14(18)11-15/h3,5-6,11H,4,7-10H2,1-2H3,(H,19,24)(H,21,25). The SMILES string of the molecule is Cc1nc(C)n(CCCNC(=O)CCC(=O)Nc2cccc(F)c2)n1. The summed E-state index contributed by atoms with van der Waals surface area (Å²) in [6, 6.07) is 5.63. The van der Waals surface area contributed by atoms with Crippen molar-refractivity contribution < 1.29 is 14.0 Å². The van der Waals surface area contributed by atoms with E-state index in [0.717, 1.165) is 18.1 Å². The molecular weight excluding hydrogens is 325 g/mol. The van der Waals surface area contributed by atoms with Gasteiger partial charge in [-0.1, -0.05) is 6.07 Å². The van der Waals surface area contributed by atoms with Gasteiger partial charge in [-0.05, 0) is 38.5 Å². The molecule has 0 spiro atoms. The molecule has 0 bridgehead atoms. The van der Waals surface area contributed by atoms with Crippen LogP contribution >= 0.6 is 0 Å². The lowest BCUT2D eigenvalue weighted by Gasteiger charge is -2.07. The van der Waals surface area contributed by atoms with Gasteiger partial charge in [-0.15, -0.1) is 0 Å². The van der Waals surface area contributed by atoms with Gasteiger partial charge in [-0.25, -0.2) is 9.37 Å². The first-order valence-corrected chi connectivity index (χ1v) is 8.14. The van der Waals surface area contributed by atoms with Gasteiger partial charge >= 0.3 is 0 Å². The highest BCUT2D eigenvalue weighted by molar-refractivity contribution is 5.93. The Morgan fingerprint density at radius 1 is 1.20 bits per heavy atom. The second-order valence-electron chi connectivity index (χ2n) is 5.69. The monoisotopic (exact) mass is 347 g/mol. The Morgan fingerprint density at radius 3 is 2.64 bits per heavy atom. The molecule has 1 heterocycles. The van der Waals surface area contributed by atoms with Crippen molar-refractivity contribution in [2.45, 2.75) is 39.7 Å². The molecule has 0 aliphatic rings. The summed E-state index contributed by atoms with van der Waals surface area (Å²) in [5.74, 6) is 0.632. The fourth-order valence-electron chi connectivity index (χ4n) is 2.33. The molecule has 1 aromatic carbocycles. The number of carbonyl (C=O) groups excluding carboxylic acids is 2. The van der Waals surface area contributed by atoms with Gasteiger partial charge in [-0.3, -0.25) is 14.3 Å². The van der Waals surface area contributed by atoms with Crippen LogP contribution in [0.15, 0.2) is 24.3 Å². The van der Waals surface area contributed by atoms with Crippen LogP contribution in [-0.4, -0.2) is 33.1 Å². The molecule has 2 N–H and O–H groups in total. The summed E-state index contributed by atoms with van der Waals surface area (Å²) in [6.45, 7) is 4.89. The Bertz CT molecular complexity index is 744. The van der Waals surface area contributed by atoms with Gasteiger partial charge in [0.05, 0.1) is 0 Å². The molecule has 134 valence electrons. The first-order chi connectivity index (χ1) is 11.9. The summed E-state index contributed by atoms with van der Waals surface area (Å²) >= 11 is 0. The molecule has 0 saturated heterocycles. The molecule has 8 heteroatoms. The zero-order chi connectivity index (χ0) is 18.2. The van der Waals surface area contributed by atoms with Crippen molar-refractivity contribution in [2.24, 2.45) is 0 Å². The van der Waals surface area contributed by atoms with Crippen LogP contribution in [-0.2, 0) is 16.1 Å². The molecule has 0 radical (unpaired) electrons. The average molecular weight is 347 g/mol. The Balaban J connectivity index is 1.62. The second-order valence-corrected chi connectivity index (χ2v) is 5.69. The smallest absolute Gasteiger partial charge is 0.224 e. The van der Waals surface area contributed by atoms with Crippen LogP contribution in [0.5, 0.6) is 0 Å². The number of nitrogens with one attached hydrogen (secondary N) is 2. The van der Waals surface area contributed by atoms with E-state index in [1.165, 1.54) is 18.2 Å². The third kappa shape index (κ3) is 6.33. The Hall–Kier alpha value is -2.77. The number of aromatic nitrogens is 3. The number of carbonyl (C=O) groups is 2. The van der Waals surface area contributed by atoms with E-state index in [4.69, 9.17) is 0 Å². The predicted molar refractivity (Wildman–Crippen MR) is 91.4 cm³/mol. The second kappa shape index (κ2) is 8.91. The number of hydrogen-bond donors (Lipinski definition) is 2. The molecule has 0 aliphatic heterocycles. The van der Waals surface area contributed by atoms with Crippen molar-refractivity contribution >= 4 is 17.5 Å². The summed E-state index contributed by atoms with van der Waals surface area (Å²) in [7, 11) is 0. The van der Waals surface area contributed by atoms with Crippen molar-refractivity contribution in [3.8, 4) is 0 Å². The number of nitrogens with zero attached hydrogens (tertiary/aromatic N) is 3. The van der Waals surface area contributed by atoms with Crippen molar-refractivity contribution in [1.82, 2.24) is 20.1 Å². The van der Waals surface area contributed by atoms with Crippen LogP contribution in [0.3, 0.4) is 0 Å². The van der Waals surface area contributed by atoms with Crippen LogP contribution < -0.4 is 10.6 Å². The summed E-state index contributed by atoms with van der Waals surface area (Å²) in [4.78, 5) is 27.7. The minimum absolute atomic E-state index is 0.0454. The molecule has 0 saturated carbocycles. The van der Waals surface area contributed by atoms with E-state index >= 15 is 0 Å². The third-order valence-electron chi connectivity index (χ3n) is 3.52. The zero-order valence-electron chi connectivity index (χ0n) is 14.4. The van der Waals surface area contributed by atoms with Gasteiger partial charge in [0.25, 0.3) is 0 Å². The maximum absolute atomic E-state index is 13.0. The molecular formula is C17H22FN5O2. The molecule has 0 fully saturated rings. The molecule has 25 heavy (non-hydrogen) atoms. The number of rotatable bonds is 8. The van der Waals surface area contributed by atoms with E-state index in [2.05, 4.69) is 20.7 Å². The first kappa shape index (κ1) is 18.6. The number of aryl methyl sites for hydroxylation is 3. The molecule has 0 atom stereocenters. The molecule has 1 aromatic heterocycles. The van der Waals surface area contributed by atoms with Crippen LogP contribution in [0.2, 0.25) is 0 Å². The summed E-state index contributed by atoms with van der Waals surface area (Å²) in [5.41, 5.74) is 0.379. The van der Waals surface area contributed by atoms with Crippen LogP contribution in [0.1, 0.15) is 30.9 Å². The maximum atomic E-state index is 13.0. The van der Waals surface area contributed by atoms with Gasteiger partial charge < -0.3 is 10.6 Å². The van der Waals surface area contributed by atoms with E-state index in [1.807, 2.05) is 13.8 Å². The van der Waals surface area contributed by atoms with Gasteiger partial charge in [0, 0.05) is 31.6 Å². The Morgan fingerprint density at radius 2 is 1.96 bits per heavy atom. The molecule has 2 rings (SSSR count). The highest BCUT2D eigenvalue weighted by Crippen LogP contribution is 2.09. The average Bonchev–Trinajstić information content (AvgIpc) is 2.87. The van der Waals surface area contributed by atoms with Crippen LogP contribution in [0.4, 0.5) is 10.1 Å². The lowest BCUT2D eigenvalue weighted by Crippen LogP contribution is -2.26. The summed E-state index contributed by atoms with van der Waals surface area (Å²) in [6.07, 6.45) is 0.858. The first-order valence-electron chi connectivity index (χ1n) is 8.14. The highest BCUT2D eigenvalue weighted by atomic mass is 19.1. The van der Waals surface area contributed by atoms with Gasteiger partial charge in [0.1, 0.15) is 17.5 Å². The van der Waals surface area contributed by atoms with Crippen molar-refractivity contribution in [2.75, 3.05) is 11.9 Å². The van der Waals surface area contributed by atoms with Crippen LogP contribution in [0, 0.1) is 19.7 Å². The predicted octanol–water partition coefficient (Wildman–Crippen LogP) is 1.96. The van der Waals surface area contributed by atoms with Crippen molar-refractivity contribution in [3.05, 3.63) is 41.7 Å². The molecule has 7 nitrogen and oxygen atoms in total. The van der Waals surface area contributed by atoms with E-state index in [0.29, 0.717) is 18.8 Å². The summed E-state index contributed by atoms with van der Waals surface area (Å²) < 4.78 is 14.8. The lowest BCUT2D eigenvalue weighted by molar-refractivity contribution is -0.124. The molecule has 0 unspecified atom stereocenters. The molecule has 2 amide bonds. The number of benzene rings is 1. The largest absolute Gasteiger partial charge is 0.356 e. The number of hydrogen-bond acceptors (Lipinski definition) is 4. The van der Waals surface area contributed by atoms with E-state index in [9.17, 15) is 14.0 Å². The van der Waals surface area contributed by atoms with E-state index in [1.54, 1.807) is 10.7 Å². The fourth-order valence-corrected chi connectivity index (χ4v) is 2.33. The highest BCUT2D eigenvalue weighted by Gasteiger charge is 2.08. The van der Waals surface area contributed by atoms with E-state index in [-0.39, 0.29) is 24.7 Å². The van der Waals surface area contributed by atoms with Gasteiger partial charge in [0.2, 0.25) is 11.8 Å². The Kier molecular flexibility index (Phi) is 6.62. The van der Waals surface area contributed by atoms with Crippen molar-refractivity contribution in [1.29, 1.82) is 0 Å². The Labute approximate surface area is 145 Å². The maximum Gasteiger partial charge on any atom is 0.224 e. The number of amides is 2. The minimum Gasteiger partial charge on any atom is -0.356 e. The van der Waals surface area contributed by atoms with E-state index < -0.39 is 5.82 Å². The zero-order valence-corrected chi connectivity index (χ0v) is 14.4. The molecule has 2 aromatic rings. The third-order valence-corrected chi connectivity index (χ3v) is 3.52. The lowest BCUT2D eigenvalue weighted by atomic mass is 10.2. The van der Waals surface area contributed by atoms with Gasteiger partial charge in [-0.2, -0.15) is 5.10 Å². The number of halogens is 1. The van der Waals surface area contributed by atoms with Crippen LogP contribution in [0.25, 0.3) is 0 Å². The number of anilines is 1. The summed E-state index contributed by atoms with van der Waals surface area (Å²) in [5, 5.41) is 9.57.